The smallest absolute Gasteiger partial charge is 0.0337 e. The summed E-state index contributed by atoms with van der Waals surface area (Å²) in [6.07, 6.45) is 14.6. The van der Waals surface area contributed by atoms with Gasteiger partial charge in [-0.15, -0.1) is 0 Å². The summed E-state index contributed by atoms with van der Waals surface area (Å²) in [4.78, 5) is 2.92. The second kappa shape index (κ2) is 4.73. The van der Waals surface area contributed by atoms with Gasteiger partial charge in [-0.1, -0.05) is 12.8 Å². The molecule has 0 heterocycles. The summed E-state index contributed by atoms with van der Waals surface area (Å²) in [7, 11) is 0. The third-order valence-electron chi connectivity index (χ3n) is 6.28. The Hall–Kier alpha value is -0.0800. The van der Waals surface area contributed by atoms with Crippen molar-refractivity contribution in [1.29, 1.82) is 0 Å². The van der Waals surface area contributed by atoms with Crippen LogP contribution < -0.4 is 5.73 Å². The van der Waals surface area contributed by atoms with Gasteiger partial charge >= 0.3 is 0 Å². The molecule has 4 aliphatic rings. The molecule has 2 nitrogen and oxygen atoms in total. The van der Waals surface area contributed by atoms with E-state index < -0.39 is 0 Å². The van der Waals surface area contributed by atoms with E-state index in [4.69, 9.17) is 5.73 Å². The average molecular weight is 262 g/mol. The van der Waals surface area contributed by atoms with Gasteiger partial charge in [0.15, 0.2) is 0 Å². The van der Waals surface area contributed by atoms with Gasteiger partial charge in [-0.05, 0) is 69.1 Å². The number of nitrogens with two attached hydrogens (primary N) is 1. The molecule has 2 atom stereocenters. The molecule has 0 aliphatic heterocycles. The van der Waals surface area contributed by atoms with Gasteiger partial charge in [-0.2, -0.15) is 0 Å². The molecule has 4 aliphatic carbocycles. The summed E-state index contributed by atoms with van der Waals surface area (Å²) in [6, 6.07) is 0.905. The Bertz CT molecular complexity index is 330. The van der Waals surface area contributed by atoms with Crippen LogP contribution in [0.3, 0.4) is 0 Å². The summed E-state index contributed by atoms with van der Waals surface area (Å²) < 4.78 is 0. The van der Waals surface area contributed by atoms with Crippen LogP contribution in [0.4, 0.5) is 0 Å². The highest BCUT2D eigenvalue weighted by Gasteiger charge is 2.49. The van der Waals surface area contributed by atoms with Gasteiger partial charge in [0.2, 0.25) is 0 Å². The maximum absolute atomic E-state index is 6.34. The third-order valence-corrected chi connectivity index (χ3v) is 6.28. The molecule has 0 bridgehead atoms. The molecule has 2 N–H and O–H groups in total. The van der Waals surface area contributed by atoms with Crippen molar-refractivity contribution in [1.82, 2.24) is 4.90 Å². The largest absolute Gasteiger partial charge is 0.329 e. The Kier molecular flexibility index (Phi) is 3.15. The van der Waals surface area contributed by atoms with E-state index in [9.17, 15) is 0 Å². The van der Waals surface area contributed by atoms with Crippen LogP contribution in [-0.4, -0.2) is 29.6 Å². The summed E-state index contributed by atoms with van der Waals surface area (Å²) in [5.41, 5.74) is 6.74. The first-order chi connectivity index (χ1) is 9.31. The maximum atomic E-state index is 6.34. The van der Waals surface area contributed by atoms with Crippen molar-refractivity contribution in [3.63, 3.8) is 0 Å². The molecule has 2 unspecified atom stereocenters. The lowest BCUT2D eigenvalue weighted by molar-refractivity contribution is 0.0204. The van der Waals surface area contributed by atoms with Crippen LogP contribution in [0, 0.1) is 17.8 Å². The zero-order valence-electron chi connectivity index (χ0n) is 12.3. The topological polar surface area (TPSA) is 29.3 Å². The van der Waals surface area contributed by atoms with E-state index in [1.807, 2.05) is 0 Å². The maximum Gasteiger partial charge on any atom is 0.0337 e. The Balaban J connectivity index is 1.51. The molecule has 4 fully saturated rings. The lowest BCUT2D eigenvalue weighted by Gasteiger charge is -2.49. The molecular formula is C17H30N2. The van der Waals surface area contributed by atoms with Crippen LogP contribution in [0.5, 0.6) is 0 Å². The summed E-state index contributed by atoms with van der Waals surface area (Å²) in [5.74, 6) is 3.11. The highest BCUT2D eigenvalue weighted by molar-refractivity contribution is 5.05. The van der Waals surface area contributed by atoms with Crippen LogP contribution in [-0.2, 0) is 0 Å². The molecule has 4 saturated carbocycles. The number of rotatable bonds is 6. The summed E-state index contributed by atoms with van der Waals surface area (Å²) in [6.45, 7) is 2.29. The first-order valence-corrected chi connectivity index (χ1v) is 8.77. The molecule has 0 radical (unpaired) electrons. The predicted molar refractivity (Wildman–Crippen MR) is 78.9 cm³/mol. The second-order valence-corrected chi connectivity index (χ2v) is 7.95. The van der Waals surface area contributed by atoms with Gasteiger partial charge in [-0.25, -0.2) is 0 Å². The Labute approximate surface area is 118 Å². The van der Waals surface area contributed by atoms with Crippen molar-refractivity contribution in [3.05, 3.63) is 0 Å². The summed E-state index contributed by atoms with van der Waals surface area (Å²) >= 11 is 0. The van der Waals surface area contributed by atoms with Crippen LogP contribution in [0.15, 0.2) is 0 Å². The number of nitrogens with zero attached hydrogens (tertiary/aromatic N) is 1. The highest BCUT2D eigenvalue weighted by Crippen LogP contribution is 2.50. The zero-order chi connectivity index (χ0) is 12.9. The standard InChI is InChI=1S/C17H30N2/c18-12-17(9-1-2-15(10-17)14-5-6-14)19(16-7-8-16)11-13-3-4-13/h13-16H,1-12,18H2. The van der Waals surface area contributed by atoms with Gasteiger partial charge in [0.25, 0.3) is 0 Å². The van der Waals surface area contributed by atoms with E-state index in [0.717, 1.165) is 30.3 Å². The molecule has 0 aromatic rings. The van der Waals surface area contributed by atoms with E-state index >= 15 is 0 Å². The first kappa shape index (κ1) is 12.6. The number of hydrogen-bond donors (Lipinski definition) is 1. The lowest BCUT2D eigenvalue weighted by Crippen LogP contribution is -2.58. The van der Waals surface area contributed by atoms with Crippen LogP contribution >= 0.6 is 0 Å². The van der Waals surface area contributed by atoms with Gasteiger partial charge in [0.05, 0.1) is 0 Å². The molecule has 0 amide bonds. The van der Waals surface area contributed by atoms with E-state index in [2.05, 4.69) is 4.90 Å². The fraction of sp³-hybridized carbons (Fsp3) is 1.00. The highest BCUT2D eigenvalue weighted by atomic mass is 15.3. The number of hydrogen-bond acceptors (Lipinski definition) is 2. The normalized spacial score (nSPS) is 39.8. The molecule has 0 aromatic carbocycles. The van der Waals surface area contributed by atoms with Crippen molar-refractivity contribution in [2.24, 2.45) is 23.5 Å². The van der Waals surface area contributed by atoms with Crippen molar-refractivity contribution in [2.75, 3.05) is 13.1 Å². The van der Waals surface area contributed by atoms with Crippen LogP contribution in [0.2, 0.25) is 0 Å². The fourth-order valence-corrected chi connectivity index (χ4v) is 4.61. The fourth-order valence-electron chi connectivity index (χ4n) is 4.61. The Morgan fingerprint density at radius 3 is 2.32 bits per heavy atom. The quantitative estimate of drug-likeness (QED) is 0.796. The zero-order valence-corrected chi connectivity index (χ0v) is 12.3. The minimum absolute atomic E-state index is 0.398. The molecule has 0 spiro atoms. The molecular weight excluding hydrogens is 232 g/mol. The third kappa shape index (κ3) is 2.58. The van der Waals surface area contributed by atoms with E-state index in [1.54, 1.807) is 0 Å². The van der Waals surface area contributed by atoms with Gasteiger partial charge in [-0.3, -0.25) is 4.90 Å². The monoisotopic (exact) mass is 262 g/mol. The van der Waals surface area contributed by atoms with E-state index in [0.29, 0.717) is 5.54 Å². The summed E-state index contributed by atoms with van der Waals surface area (Å²) in [5, 5.41) is 0. The van der Waals surface area contributed by atoms with Crippen molar-refractivity contribution >= 4 is 0 Å². The Morgan fingerprint density at radius 2 is 1.74 bits per heavy atom. The first-order valence-electron chi connectivity index (χ1n) is 8.77. The van der Waals surface area contributed by atoms with E-state index in [1.165, 1.54) is 70.8 Å². The minimum atomic E-state index is 0.398. The molecule has 108 valence electrons. The van der Waals surface area contributed by atoms with Crippen LogP contribution in [0.1, 0.15) is 64.2 Å². The molecule has 19 heavy (non-hydrogen) atoms. The molecule has 0 saturated heterocycles. The molecule has 4 rings (SSSR count). The van der Waals surface area contributed by atoms with E-state index in [-0.39, 0.29) is 0 Å². The predicted octanol–water partition coefficient (Wildman–Crippen LogP) is 3.16. The van der Waals surface area contributed by atoms with Gasteiger partial charge in [0, 0.05) is 24.7 Å². The van der Waals surface area contributed by atoms with Crippen LogP contribution in [0.25, 0.3) is 0 Å². The Morgan fingerprint density at radius 1 is 0.947 bits per heavy atom. The van der Waals surface area contributed by atoms with Crippen molar-refractivity contribution < 1.29 is 0 Å². The second-order valence-electron chi connectivity index (χ2n) is 7.95. The molecule has 0 aromatic heterocycles. The van der Waals surface area contributed by atoms with Gasteiger partial charge < -0.3 is 5.73 Å². The van der Waals surface area contributed by atoms with Crippen molar-refractivity contribution in [3.8, 4) is 0 Å². The van der Waals surface area contributed by atoms with Crippen molar-refractivity contribution in [2.45, 2.75) is 75.8 Å². The lowest BCUT2D eigenvalue weighted by atomic mass is 9.72. The average Bonchev–Trinajstić information content (AvgIpc) is 3.32. The molecule has 2 heteroatoms. The SMILES string of the molecule is NCC1(N(CC2CC2)C2CC2)CCCC(C2CC2)C1. The van der Waals surface area contributed by atoms with Gasteiger partial charge in [0.1, 0.15) is 0 Å². The minimum Gasteiger partial charge on any atom is -0.329 e.